The Hall–Kier alpha value is -0.470. The monoisotopic (exact) mass is 362 g/mol. The third-order valence-electron chi connectivity index (χ3n) is 3.11. The highest BCUT2D eigenvalue weighted by Crippen LogP contribution is 2.28. The van der Waals surface area contributed by atoms with E-state index in [2.05, 4.69) is 20.7 Å². The molecule has 3 N–H and O–H groups in total. The lowest BCUT2D eigenvalue weighted by Gasteiger charge is -2.10. The highest BCUT2D eigenvalue weighted by Gasteiger charge is 2.21. The van der Waals surface area contributed by atoms with Crippen molar-refractivity contribution in [2.45, 2.75) is 24.3 Å². The van der Waals surface area contributed by atoms with Gasteiger partial charge in [0.25, 0.3) is 0 Å². The molecule has 7 heteroatoms. The van der Waals surface area contributed by atoms with Crippen LogP contribution in [-0.4, -0.2) is 28.2 Å². The van der Waals surface area contributed by atoms with Crippen LogP contribution in [0.25, 0.3) is 0 Å². The maximum atomic E-state index is 12.1. The molecule has 0 radical (unpaired) electrons. The Labute approximate surface area is 128 Å². The molecule has 1 aliphatic rings. The molecule has 0 heterocycles. The molecule has 1 aromatic rings. The lowest BCUT2D eigenvalue weighted by molar-refractivity contribution is 0.129. The number of halogens is 1. The van der Waals surface area contributed by atoms with Gasteiger partial charge in [-0.25, -0.2) is 13.1 Å². The van der Waals surface area contributed by atoms with Gasteiger partial charge in [0.2, 0.25) is 10.0 Å². The quantitative estimate of drug-likeness (QED) is 0.688. The first-order chi connectivity index (χ1) is 9.53. The van der Waals surface area contributed by atoms with Crippen LogP contribution in [0.15, 0.2) is 27.6 Å². The van der Waals surface area contributed by atoms with Crippen LogP contribution in [0.1, 0.15) is 18.4 Å². The summed E-state index contributed by atoms with van der Waals surface area (Å²) in [4.78, 5) is 0.219. The summed E-state index contributed by atoms with van der Waals surface area (Å²) in [5.74, 6) is 0.685. The lowest BCUT2D eigenvalue weighted by atomic mass is 10.2. The van der Waals surface area contributed by atoms with E-state index >= 15 is 0 Å². The fourth-order valence-electron chi connectivity index (χ4n) is 1.75. The Kier molecular flexibility index (Phi) is 5.57. The summed E-state index contributed by atoms with van der Waals surface area (Å²) in [6.45, 7) is 1.78. The summed E-state index contributed by atoms with van der Waals surface area (Å²) in [7, 11) is -3.52. The summed E-state index contributed by atoms with van der Waals surface area (Å²) in [5.41, 5.74) is 6.40. The summed E-state index contributed by atoms with van der Waals surface area (Å²) >= 11 is 3.27. The van der Waals surface area contributed by atoms with Gasteiger partial charge in [0.1, 0.15) is 0 Å². The fraction of sp³-hybridized carbons (Fsp3) is 0.538. The van der Waals surface area contributed by atoms with E-state index in [9.17, 15) is 8.42 Å². The smallest absolute Gasteiger partial charge is 0.241 e. The SMILES string of the molecule is NCc1ccc(S(=O)(=O)NCCOCC2CC2)c(Br)c1. The number of ether oxygens (including phenoxy) is 1. The molecule has 0 amide bonds. The van der Waals surface area contributed by atoms with Crippen LogP contribution in [-0.2, 0) is 21.3 Å². The molecule has 1 saturated carbocycles. The topological polar surface area (TPSA) is 81.4 Å². The van der Waals surface area contributed by atoms with Gasteiger partial charge in [0, 0.05) is 24.2 Å². The second-order valence-electron chi connectivity index (χ2n) is 4.88. The first kappa shape index (κ1) is 15.9. The Morgan fingerprint density at radius 1 is 1.40 bits per heavy atom. The van der Waals surface area contributed by atoms with E-state index in [1.54, 1.807) is 18.2 Å². The van der Waals surface area contributed by atoms with Crippen molar-refractivity contribution in [2.75, 3.05) is 19.8 Å². The summed E-state index contributed by atoms with van der Waals surface area (Å²) < 4.78 is 32.7. The van der Waals surface area contributed by atoms with Crippen molar-refractivity contribution < 1.29 is 13.2 Å². The summed E-state index contributed by atoms with van der Waals surface area (Å²) in [6.07, 6.45) is 2.46. The largest absolute Gasteiger partial charge is 0.380 e. The third-order valence-corrected chi connectivity index (χ3v) is 5.55. The highest BCUT2D eigenvalue weighted by molar-refractivity contribution is 9.10. The van der Waals surface area contributed by atoms with Crippen molar-refractivity contribution in [2.24, 2.45) is 11.7 Å². The van der Waals surface area contributed by atoms with Crippen LogP contribution < -0.4 is 10.5 Å². The molecule has 0 unspecified atom stereocenters. The maximum absolute atomic E-state index is 12.1. The molecule has 0 aliphatic heterocycles. The number of hydrogen-bond acceptors (Lipinski definition) is 4. The average molecular weight is 363 g/mol. The van der Waals surface area contributed by atoms with Crippen molar-refractivity contribution in [1.29, 1.82) is 0 Å². The lowest BCUT2D eigenvalue weighted by Crippen LogP contribution is -2.28. The molecular weight excluding hydrogens is 344 g/mol. The van der Waals surface area contributed by atoms with Gasteiger partial charge in [-0.2, -0.15) is 0 Å². The van der Waals surface area contributed by atoms with Crippen molar-refractivity contribution in [3.63, 3.8) is 0 Å². The minimum absolute atomic E-state index is 0.219. The second-order valence-corrected chi connectivity index (χ2v) is 7.47. The van der Waals surface area contributed by atoms with E-state index in [1.165, 1.54) is 12.8 Å². The molecule has 112 valence electrons. The molecule has 2 rings (SSSR count). The molecule has 1 fully saturated rings. The van der Waals surface area contributed by atoms with E-state index in [0.717, 1.165) is 12.2 Å². The zero-order valence-corrected chi connectivity index (χ0v) is 13.5. The molecule has 1 aliphatic carbocycles. The van der Waals surface area contributed by atoms with Gasteiger partial charge in [-0.1, -0.05) is 6.07 Å². The number of rotatable bonds is 8. The van der Waals surface area contributed by atoms with Gasteiger partial charge >= 0.3 is 0 Å². The van der Waals surface area contributed by atoms with Crippen molar-refractivity contribution >= 4 is 26.0 Å². The summed E-state index contributed by atoms with van der Waals surface area (Å²) in [5, 5.41) is 0. The number of nitrogens with two attached hydrogens (primary N) is 1. The van der Waals surface area contributed by atoms with Crippen LogP contribution >= 0.6 is 15.9 Å². The van der Waals surface area contributed by atoms with Crippen LogP contribution in [0.5, 0.6) is 0 Å². The van der Waals surface area contributed by atoms with Gasteiger partial charge in [-0.05, 0) is 52.4 Å². The average Bonchev–Trinajstić information content (AvgIpc) is 3.21. The van der Waals surface area contributed by atoms with Crippen molar-refractivity contribution in [3.05, 3.63) is 28.2 Å². The number of sulfonamides is 1. The van der Waals surface area contributed by atoms with E-state index in [0.29, 0.717) is 23.5 Å². The Morgan fingerprint density at radius 2 is 2.15 bits per heavy atom. The Bertz CT molecular complexity index is 559. The van der Waals surface area contributed by atoms with Gasteiger partial charge in [-0.15, -0.1) is 0 Å². The van der Waals surface area contributed by atoms with E-state index in [4.69, 9.17) is 10.5 Å². The van der Waals surface area contributed by atoms with Gasteiger partial charge in [-0.3, -0.25) is 0 Å². The number of nitrogens with one attached hydrogen (secondary N) is 1. The molecule has 1 aromatic carbocycles. The first-order valence-electron chi connectivity index (χ1n) is 6.59. The van der Waals surface area contributed by atoms with Crippen molar-refractivity contribution in [1.82, 2.24) is 4.72 Å². The maximum Gasteiger partial charge on any atom is 0.241 e. The van der Waals surface area contributed by atoms with Crippen molar-refractivity contribution in [3.8, 4) is 0 Å². The normalized spacial score (nSPS) is 15.5. The van der Waals surface area contributed by atoms with Crippen LogP contribution in [0.2, 0.25) is 0 Å². The number of benzene rings is 1. The zero-order chi connectivity index (χ0) is 14.6. The van der Waals surface area contributed by atoms with Crippen LogP contribution in [0.4, 0.5) is 0 Å². The standard InChI is InChI=1S/C13H19BrN2O3S/c14-12-7-11(8-15)3-4-13(12)20(17,18)16-5-6-19-9-10-1-2-10/h3-4,7,10,16H,1-2,5-6,8-9,15H2. The second kappa shape index (κ2) is 7.00. The summed E-state index contributed by atoms with van der Waals surface area (Å²) in [6, 6.07) is 4.99. The minimum atomic E-state index is -3.52. The first-order valence-corrected chi connectivity index (χ1v) is 8.86. The molecule has 0 bridgehead atoms. The third kappa shape index (κ3) is 4.53. The van der Waals surface area contributed by atoms with Gasteiger partial charge in [0.15, 0.2) is 0 Å². The molecule has 20 heavy (non-hydrogen) atoms. The van der Waals surface area contributed by atoms with Gasteiger partial charge < -0.3 is 10.5 Å². The van der Waals surface area contributed by atoms with E-state index in [1.807, 2.05) is 0 Å². The highest BCUT2D eigenvalue weighted by atomic mass is 79.9. The minimum Gasteiger partial charge on any atom is -0.380 e. The Balaban J connectivity index is 1.88. The van der Waals surface area contributed by atoms with E-state index in [-0.39, 0.29) is 11.4 Å². The fourth-order valence-corrected chi connectivity index (χ4v) is 3.89. The van der Waals surface area contributed by atoms with Gasteiger partial charge in [0.05, 0.1) is 11.5 Å². The molecule has 0 spiro atoms. The molecule has 5 nitrogen and oxygen atoms in total. The molecular formula is C13H19BrN2O3S. The zero-order valence-electron chi connectivity index (χ0n) is 11.1. The number of hydrogen-bond donors (Lipinski definition) is 2. The molecule has 0 saturated heterocycles. The molecule has 0 atom stereocenters. The van der Waals surface area contributed by atoms with E-state index < -0.39 is 10.0 Å². The van der Waals surface area contributed by atoms with Crippen LogP contribution in [0.3, 0.4) is 0 Å². The van der Waals surface area contributed by atoms with Crippen LogP contribution in [0, 0.1) is 5.92 Å². The Morgan fingerprint density at radius 3 is 2.75 bits per heavy atom. The molecule has 0 aromatic heterocycles. The predicted octanol–water partition coefficient (Wildman–Crippen LogP) is 1.61. The predicted molar refractivity (Wildman–Crippen MR) is 80.8 cm³/mol.